The number of alkyl halides is 3. The van der Waals surface area contributed by atoms with Crippen LogP contribution in [0.4, 0.5) is 13.2 Å². The normalized spacial score (nSPS) is 11.2. The van der Waals surface area contributed by atoms with Crippen LogP contribution in [-0.4, -0.2) is 16.3 Å². The molecule has 104 valence electrons. The summed E-state index contributed by atoms with van der Waals surface area (Å²) in [5, 5.41) is 0. The second-order valence-electron chi connectivity index (χ2n) is 3.86. The first-order valence-electron chi connectivity index (χ1n) is 5.56. The molecule has 0 saturated carbocycles. The Morgan fingerprint density at radius 1 is 1.15 bits per heavy atom. The van der Waals surface area contributed by atoms with Crippen molar-refractivity contribution in [3.05, 3.63) is 53.3 Å². The molecule has 0 unspecified atom stereocenters. The fourth-order valence-electron chi connectivity index (χ4n) is 1.53. The monoisotopic (exact) mass is 282 g/mol. The van der Waals surface area contributed by atoms with Crippen molar-refractivity contribution in [2.45, 2.75) is 12.8 Å². The van der Waals surface area contributed by atoms with Crippen LogP contribution in [0.1, 0.15) is 21.5 Å². The summed E-state index contributed by atoms with van der Waals surface area (Å²) in [5.41, 5.74) is -0.513. The van der Waals surface area contributed by atoms with Gasteiger partial charge in [0.25, 0.3) is 0 Å². The Morgan fingerprint density at radius 2 is 1.80 bits per heavy atom. The number of rotatable bonds is 4. The van der Waals surface area contributed by atoms with Crippen molar-refractivity contribution in [3.8, 4) is 6.01 Å². The first-order valence-corrected chi connectivity index (χ1v) is 5.56. The van der Waals surface area contributed by atoms with Gasteiger partial charge in [0.1, 0.15) is 6.61 Å². The van der Waals surface area contributed by atoms with Gasteiger partial charge in [-0.3, -0.25) is 4.79 Å². The highest BCUT2D eigenvalue weighted by Crippen LogP contribution is 2.32. The van der Waals surface area contributed by atoms with Gasteiger partial charge >= 0.3 is 12.2 Å². The molecule has 0 amide bonds. The molecule has 0 bridgehead atoms. The van der Waals surface area contributed by atoms with E-state index in [9.17, 15) is 18.0 Å². The Morgan fingerprint density at radius 3 is 2.40 bits per heavy atom. The van der Waals surface area contributed by atoms with Crippen molar-refractivity contribution >= 4 is 6.29 Å². The molecule has 0 spiro atoms. The summed E-state index contributed by atoms with van der Waals surface area (Å²) >= 11 is 0. The van der Waals surface area contributed by atoms with E-state index in [0.717, 1.165) is 6.07 Å². The molecule has 1 aromatic carbocycles. The van der Waals surface area contributed by atoms with Crippen molar-refractivity contribution in [2.24, 2.45) is 0 Å². The number of ether oxygens (including phenoxy) is 1. The summed E-state index contributed by atoms with van der Waals surface area (Å²) in [6.07, 6.45) is -1.43. The largest absolute Gasteiger partial charge is 0.459 e. The lowest BCUT2D eigenvalue weighted by Gasteiger charge is -2.12. The van der Waals surface area contributed by atoms with Gasteiger partial charge in [-0.05, 0) is 6.07 Å². The molecule has 0 aliphatic heterocycles. The zero-order chi connectivity index (χ0) is 14.6. The van der Waals surface area contributed by atoms with Crippen LogP contribution in [0.3, 0.4) is 0 Å². The van der Waals surface area contributed by atoms with Crippen LogP contribution < -0.4 is 4.74 Å². The van der Waals surface area contributed by atoms with Gasteiger partial charge in [-0.15, -0.1) is 0 Å². The summed E-state index contributed by atoms with van der Waals surface area (Å²) in [7, 11) is 0. The molecule has 0 saturated heterocycles. The van der Waals surface area contributed by atoms with Gasteiger partial charge in [0.2, 0.25) is 0 Å². The van der Waals surface area contributed by atoms with Crippen molar-refractivity contribution in [2.75, 3.05) is 0 Å². The Kier molecular flexibility index (Phi) is 3.97. The third kappa shape index (κ3) is 3.31. The van der Waals surface area contributed by atoms with Crippen LogP contribution >= 0.6 is 0 Å². The predicted molar refractivity (Wildman–Crippen MR) is 63.2 cm³/mol. The van der Waals surface area contributed by atoms with Gasteiger partial charge < -0.3 is 4.74 Å². The van der Waals surface area contributed by atoms with Gasteiger partial charge in [0.05, 0.1) is 11.1 Å². The van der Waals surface area contributed by atoms with Crippen LogP contribution in [0.15, 0.2) is 36.7 Å². The van der Waals surface area contributed by atoms with Crippen molar-refractivity contribution in [1.82, 2.24) is 9.97 Å². The van der Waals surface area contributed by atoms with Crippen LogP contribution in [0, 0.1) is 0 Å². The van der Waals surface area contributed by atoms with Crippen molar-refractivity contribution in [3.63, 3.8) is 0 Å². The lowest BCUT2D eigenvalue weighted by Crippen LogP contribution is -2.11. The molecule has 0 atom stereocenters. The van der Waals surface area contributed by atoms with Gasteiger partial charge in [-0.1, -0.05) is 18.2 Å². The maximum absolute atomic E-state index is 12.7. The number of benzene rings is 1. The fourth-order valence-corrected chi connectivity index (χ4v) is 1.53. The third-order valence-corrected chi connectivity index (χ3v) is 2.46. The number of carbonyl (C=O) groups is 1. The van der Waals surface area contributed by atoms with Crippen molar-refractivity contribution < 1.29 is 22.7 Å². The topological polar surface area (TPSA) is 52.1 Å². The van der Waals surface area contributed by atoms with Crippen LogP contribution in [-0.2, 0) is 12.8 Å². The van der Waals surface area contributed by atoms with Crippen LogP contribution in [0.25, 0.3) is 0 Å². The van der Waals surface area contributed by atoms with Crippen LogP contribution in [0.2, 0.25) is 0 Å². The molecule has 2 rings (SSSR count). The number of halogens is 3. The Bertz CT molecular complexity index is 597. The first-order chi connectivity index (χ1) is 9.50. The Labute approximate surface area is 112 Å². The molecule has 0 N–H and O–H groups in total. The van der Waals surface area contributed by atoms with Crippen LogP contribution in [0.5, 0.6) is 6.01 Å². The van der Waals surface area contributed by atoms with Gasteiger partial charge in [0, 0.05) is 18.0 Å². The second kappa shape index (κ2) is 5.68. The van der Waals surface area contributed by atoms with Gasteiger partial charge in [-0.25, -0.2) is 9.97 Å². The summed E-state index contributed by atoms with van der Waals surface area (Å²) in [5.74, 6) is 0. The number of hydrogen-bond acceptors (Lipinski definition) is 4. The minimum Gasteiger partial charge on any atom is -0.459 e. The molecule has 4 nitrogen and oxygen atoms in total. The predicted octanol–water partition coefficient (Wildman–Crippen LogP) is 2.89. The molecular weight excluding hydrogens is 273 g/mol. The summed E-state index contributed by atoms with van der Waals surface area (Å²) in [4.78, 5) is 17.8. The minimum absolute atomic E-state index is 0.0111. The van der Waals surface area contributed by atoms with E-state index in [4.69, 9.17) is 4.74 Å². The molecule has 7 heteroatoms. The second-order valence-corrected chi connectivity index (χ2v) is 3.86. The molecule has 0 radical (unpaired) electrons. The molecule has 0 aliphatic rings. The highest BCUT2D eigenvalue weighted by molar-refractivity contribution is 5.73. The lowest BCUT2D eigenvalue weighted by molar-refractivity contribution is -0.138. The quantitative estimate of drug-likeness (QED) is 0.809. The van der Waals surface area contributed by atoms with E-state index < -0.39 is 11.7 Å². The van der Waals surface area contributed by atoms with E-state index in [0.29, 0.717) is 6.29 Å². The maximum Gasteiger partial charge on any atom is 0.416 e. The maximum atomic E-state index is 12.7. The van der Waals surface area contributed by atoms with E-state index in [-0.39, 0.29) is 23.7 Å². The standard InChI is InChI=1S/C13H9F3N2O2/c14-13(15,16)11-4-2-1-3-10(11)8-20-12-17-5-9(7-19)6-18-12/h1-7H,8H2. The van der Waals surface area contributed by atoms with Gasteiger partial charge in [-0.2, -0.15) is 13.2 Å². The Balaban J connectivity index is 2.12. The molecule has 1 heterocycles. The van der Waals surface area contributed by atoms with E-state index >= 15 is 0 Å². The number of aromatic nitrogens is 2. The molecule has 20 heavy (non-hydrogen) atoms. The van der Waals surface area contributed by atoms with Crippen molar-refractivity contribution in [1.29, 1.82) is 0 Å². The molecule has 0 fully saturated rings. The van der Waals surface area contributed by atoms with E-state index in [1.807, 2.05) is 0 Å². The number of nitrogens with zero attached hydrogens (tertiary/aromatic N) is 2. The van der Waals surface area contributed by atoms with E-state index in [1.165, 1.54) is 30.6 Å². The SMILES string of the molecule is O=Cc1cnc(OCc2ccccc2C(F)(F)F)nc1. The first kappa shape index (κ1) is 14.0. The number of aldehydes is 1. The fraction of sp³-hybridized carbons (Fsp3) is 0.154. The summed E-state index contributed by atoms with van der Waals surface area (Å²) < 4.78 is 43.3. The summed E-state index contributed by atoms with van der Waals surface area (Å²) in [6.45, 7) is -0.309. The highest BCUT2D eigenvalue weighted by atomic mass is 19.4. The zero-order valence-electron chi connectivity index (χ0n) is 10.1. The van der Waals surface area contributed by atoms with E-state index in [1.54, 1.807) is 0 Å². The average molecular weight is 282 g/mol. The van der Waals surface area contributed by atoms with E-state index in [2.05, 4.69) is 9.97 Å². The number of hydrogen-bond donors (Lipinski definition) is 0. The molecule has 2 aromatic rings. The molecule has 1 aromatic heterocycles. The molecular formula is C13H9F3N2O2. The average Bonchev–Trinajstić information content (AvgIpc) is 2.45. The molecule has 0 aliphatic carbocycles. The zero-order valence-corrected chi connectivity index (χ0v) is 10.1. The number of carbonyl (C=O) groups excluding carboxylic acids is 1. The third-order valence-electron chi connectivity index (χ3n) is 2.46. The minimum atomic E-state index is -4.44. The van der Waals surface area contributed by atoms with Gasteiger partial charge in [0.15, 0.2) is 6.29 Å². The Hall–Kier alpha value is -2.44. The summed E-state index contributed by atoms with van der Waals surface area (Å²) in [6, 6.07) is 5.01. The lowest BCUT2D eigenvalue weighted by atomic mass is 10.1. The highest BCUT2D eigenvalue weighted by Gasteiger charge is 2.32. The smallest absolute Gasteiger partial charge is 0.416 e.